The van der Waals surface area contributed by atoms with Crippen LogP contribution in [0, 0.1) is 5.92 Å². The van der Waals surface area contributed by atoms with Crippen molar-refractivity contribution in [3.63, 3.8) is 0 Å². The Kier molecular flexibility index (Phi) is 5.18. The van der Waals surface area contributed by atoms with E-state index < -0.39 is 23.8 Å². The molecule has 1 unspecified atom stereocenters. The quantitative estimate of drug-likeness (QED) is 0.657. The second-order valence-corrected chi connectivity index (χ2v) is 4.11. The van der Waals surface area contributed by atoms with Crippen LogP contribution in [0.5, 0.6) is 0 Å². The van der Waals surface area contributed by atoms with E-state index in [0.717, 1.165) is 0 Å². The molecule has 0 fully saturated rings. The van der Waals surface area contributed by atoms with Crippen molar-refractivity contribution in [2.75, 3.05) is 14.2 Å². The number of carbonyl (C=O) groups excluding carboxylic acids is 3. The van der Waals surface area contributed by atoms with Gasteiger partial charge in [0.05, 0.1) is 38.8 Å². The van der Waals surface area contributed by atoms with Gasteiger partial charge in [0.2, 0.25) is 5.91 Å². The second-order valence-electron chi connectivity index (χ2n) is 4.11. The molecular formula is C11H16N4O5. The van der Waals surface area contributed by atoms with Crippen molar-refractivity contribution in [3.8, 4) is 0 Å². The van der Waals surface area contributed by atoms with Crippen molar-refractivity contribution in [2.24, 2.45) is 11.7 Å². The van der Waals surface area contributed by atoms with Crippen molar-refractivity contribution in [1.82, 2.24) is 15.0 Å². The highest BCUT2D eigenvalue weighted by atomic mass is 16.5. The summed E-state index contributed by atoms with van der Waals surface area (Å²) in [6.45, 7) is 1.70. The van der Waals surface area contributed by atoms with Gasteiger partial charge in [0.1, 0.15) is 0 Å². The number of methoxy groups -OCH3 is 2. The van der Waals surface area contributed by atoms with Gasteiger partial charge in [0.25, 0.3) is 0 Å². The maximum atomic E-state index is 11.6. The van der Waals surface area contributed by atoms with E-state index in [1.165, 1.54) is 18.9 Å². The Morgan fingerprint density at radius 1 is 1.30 bits per heavy atom. The van der Waals surface area contributed by atoms with Crippen molar-refractivity contribution in [2.45, 2.75) is 19.9 Å². The molecule has 1 amide bonds. The van der Waals surface area contributed by atoms with Gasteiger partial charge < -0.3 is 15.2 Å². The molecule has 2 N–H and O–H groups in total. The van der Waals surface area contributed by atoms with Crippen LogP contribution in [0.25, 0.3) is 0 Å². The lowest BCUT2D eigenvalue weighted by Crippen LogP contribution is -2.26. The highest BCUT2D eigenvalue weighted by molar-refractivity contribution is 5.89. The van der Waals surface area contributed by atoms with E-state index in [1.54, 1.807) is 6.92 Å². The molecule has 0 radical (unpaired) electrons. The summed E-state index contributed by atoms with van der Waals surface area (Å²) in [7, 11) is 2.41. The normalized spacial score (nSPS) is 11.8. The van der Waals surface area contributed by atoms with Gasteiger partial charge in [-0.05, 0) is 0 Å². The zero-order valence-electron chi connectivity index (χ0n) is 11.5. The third-order valence-electron chi connectivity index (χ3n) is 2.69. The molecule has 0 spiro atoms. The lowest BCUT2D eigenvalue weighted by Gasteiger charge is -2.10. The van der Waals surface area contributed by atoms with Crippen LogP contribution < -0.4 is 5.73 Å². The smallest absolute Gasteiger partial charge is 0.360 e. The first-order chi connectivity index (χ1) is 9.40. The van der Waals surface area contributed by atoms with E-state index in [4.69, 9.17) is 5.73 Å². The highest BCUT2D eigenvalue weighted by Gasteiger charge is 2.24. The minimum Gasteiger partial charge on any atom is -0.469 e. The van der Waals surface area contributed by atoms with Gasteiger partial charge >= 0.3 is 11.9 Å². The monoisotopic (exact) mass is 284 g/mol. The van der Waals surface area contributed by atoms with E-state index in [2.05, 4.69) is 19.8 Å². The van der Waals surface area contributed by atoms with E-state index in [9.17, 15) is 14.4 Å². The third kappa shape index (κ3) is 3.53. The summed E-state index contributed by atoms with van der Waals surface area (Å²) < 4.78 is 10.4. The van der Waals surface area contributed by atoms with Crippen molar-refractivity contribution >= 4 is 17.8 Å². The Balaban J connectivity index is 3.10. The molecule has 0 saturated carbocycles. The van der Waals surface area contributed by atoms with Crippen LogP contribution in [-0.2, 0) is 32.0 Å². The fraction of sp³-hybridized carbons (Fsp3) is 0.545. The van der Waals surface area contributed by atoms with Gasteiger partial charge in [-0.2, -0.15) is 0 Å². The van der Waals surface area contributed by atoms with E-state index in [-0.39, 0.29) is 24.4 Å². The number of carbonyl (C=O) groups is 3. The predicted molar refractivity (Wildman–Crippen MR) is 65.4 cm³/mol. The summed E-state index contributed by atoms with van der Waals surface area (Å²) in [5.41, 5.74) is 5.30. The maximum Gasteiger partial charge on any atom is 0.360 e. The van der Waals surface area contributed by atoms with Crippen molar-refractivity contribution in [1.29, 1.82) is 0 Å². The Labute approximate surface area is 115 Å². The molecule has 1 aromatic heterocycles. The summed E-state index contributed by atoms with van der Waals surface area (Å²) in [6, 6.07) is 0. The summed E-state index contributed by atoms with van der Waals surface area (Å²) in [4.78, 5) is 34.0. The lowest BCUT2D eigenvalue weighted by atomic mass is 10.1. The standard InChI is InChI=1S/C11H16N4O5/c1-6(10(12)17)5-15-7(4-8(16)19-2)9(13-14-15)11(18)20-3/h6H,4-5H2,1-3H3,(H2,12,17). The molecule has 0 aliphatic carbocycles. The number of primary amides is 1. The van der Waals surface area contributed by atoms with Gasteiger partial charge in [0, 0.05) is 0 Å². The van der Waals surface area contributed by atoms with Crippen LogP contribution in [0.1, 0.15) is 23.1 Å². The molecule has 0 bridgehead atoms. The largest absolute Gasteiger partial charge is 0.469 e. The minimum atomic E-state index is -0.720. The predicted octanol–water partition coefficient (Wildman–Crippen LogP) is -1.10. The molecule has 0 aliphatic rings. The fourth-order valence-electron chi connectivity index (χ4n) is 1.47. The molecule has 20 heavy (non-hydrogen) atoms. The van der Waals surface area contributed by atoms with Gasteiger partial charge in [-0.1, -0.05) is 12.1 Å². The minimum absolute atomic E-state index is 0.0884. The number of amides is 1. The molecule has 1 aromatic rings. The Bertz CT molecular complexity index is 525. The van der Waals surface area contributed by atoms with Gasteiger partial charge in [-0.3, -0.25) is 9.59 Å². The number of ether oxygens (including phenoxy) is 2. The SMILES string of the molecule is COC(=O)Cc1c(C(=O)OC)nnn1CC(C)C(N)=O. The number of hydrogen-bond donors (Lipinski definition) is 1. The van der Waals surface area contributed by atoms with Crippen molar-refractivity contribution < 1.29 is 23.9 Å². The molecule has 1 heterocycles. The number of rotatable bonds is 6. The summed E-state index contributed by atoms with van der Waals surface area (Å²) in [6.07, 6.45) is -0.209. The fourth-order valence-corrected chi connectivity index (χ4v) is 1.47. The summed E-state index contributed by atoms with van der Waals surface area (Å²) in [5, 5.41) is 7.41. The van der Waals surface area contributed by atoms with Crippen LogP contribution >= 0.6 is 0 Å². The zero-order chi connectivity index (χ0) is 15.3. The zero-order valence-corrected chi connectivity index (χ0v) is 11.5. The van der Waals surface area contributed by atoms with Gasteiger partial charge in [-0.15, -0.1) is 5.10 Å². The lowest BCUT2D eigenvalue weighted by molar-refractivity contribution is -0.139. The molecule has 0 saturated heterocycles. The molecule has 1 rings (SSSR count). The second kappa shape index (κ2) is 6.64. The number of aromatic nitrogens is 3. The van der Waals surface area contributed by atoms with Gasteiger partial charge in [-0.25, -0.2) is 9.48 Å². The summed E-state index contributed by atoms with van der Waals surface area (Å²) >= 11 is 0. The molecule has 110 valence electrons. The van der Waals surface area contributed by atoms with E-state index in [0.29, 0.717) is 0 Å². The van der Waals surface area contributed by atoms with Crippen LogP contribution in [0.3, 0.4) is 0 Å². The molecule has 0 aliphatic heterocycles. The van der Waals surface area contributed by atoms with Crippen LogP contribution in [0.15, 0.2) is 0 Å². The topological polar surface area (TPSA) is 126 Å². The first-order valence-electron chi connectivity index (χ1n) is 5.77. The first kappa shape index (κ1) is 15.6. The number of hydrogen-bond acceptors (Lipinski definition) is 7. The molecule has 1 atom stereocenters. The maximum absolute atomic E-state index is 11.6. The molecular weight excluding hydrogens is 268 g/mol. The molecule has 9 nitrogen and oxygen atoms in total. The van der Waals surface area contributed by atoms with Crippen LogP contribution in [0.2, 0.25) is 0 Å². The number of nitrogens with zero attached hydrogens (tertiary/aromatic N) is 3. The molecule has 0 aromatic carbocycles. The Hall–Kier alpha value is -2.45. The third-order valence-corrected chi connectivity index (χ3v) is 2.69. The average Bonchev–Trinajstić information content (AvgIpc) is 2.80. The van der Waals surface area contributed by atoms with Crippen LogP contribution in [-0.4, -0.2) is 47.1 Å². The Morgan fingerprint density at radius 3 is 2.45 bits per heavy atom. The Morgan fingerprint density at radius 2 is 1.95 bits per heavy atom. The highest BCUT2D eigenvalue weighted by Crippen LogP contribution is 2.11. The number of nitrogens with two attached hydrogens (primary N) is 1. The van der Waals surface area contributed by atoms with E-state index in [1.807, 2.05) is 0 Å². The van der Waals surface area contributed by atoms with E-state index >= 15 is 0 Å². The summed E-state index contributed by atoms with van der Waals surface area (Å²) in [5.74, 6) is -2.34. The van der Waals surface area contributed by atoms with Gasteiger partial charge in [0.15, 0.2) is 5.69 Å². The molecule has 9 heteroatoms. The van der Waals surface area contributed by atoms with Crippen molar-refractivity contribution in [3.05, 3.63) is 11.4 Å². The number of esters is 2. The first-order valence-corrected chi connectivity index (χ1v) is 5.77. The van der Waals surface area contributed by atoms with Crippen LogP contribution in [0.4, 0.5) is 0 Å². The average molecular weight is 284 g/mol.